The lowest BCUT2D eigenvalue weighted by atomic mass is 9.95. The fourth-order valence-corrected chi connectivity index (χ4v) is 4.53. The van der Waals surface area contributed by atoms with Crippen LogP contribution in [0, 0.1) is 0 Å². The van der Waals surface area contributed by atoms with Gasteiger partial charge in [0.25, 0.3) is 10.1 Å². The molecule has 0 saturated carbocycles. The van der Waals surface area contributed by atoms with Crippen LogP contribution in [0.15, 0.2) is 41.8 Å². The average molecular weight is 465 g/mol. The molecule has 6 N–H and O–H groups in total. The molecular formula is C19H23N5O7S. The Bertz CT molecular complexity index is 1220. The molecule has 0 bridgehead atoms. The second-order valence-electron chi connectivity index (χ2n) is 7.64. The molecular weight excluding hydrogens is 442 g/mol. The molecule has 0 spiro atoms. The van der Waals surface area contributed by atoms with Crippen LogP contribution in [0.3, 0.4) is 0 Å². The standard InChI is InChI=1S/C19H23N5O7S/c20-17-14-18(22-9-21-17)24(10-23-14)19(16(27)15(26)13(8-25)31-19)7-1-2-11-3-5-12(6-4-11)32(28,29)30/h3-6,9-10,13,15-16,25-27H,1-2,7-8H2,(H2,20,21,22)(H,28,29,30)/t13-,15-,16-,19-/m1/s1. The van der Waals surface area contributed by atoms with E-state index in [0.29, 0.717) is 24.0 Å². The number of nitrogen functional groups attached to an aromatic ring is 1. The molecule has 0 aliphatic carbocycles. The minimum absolute atomic E-state index is 0.148. The largest absolute Gasteiger partial charge is 0.394 e. The Kier molecular flexibility index (Phi) is 5.87. The molecule has 1 aliphatic heterocycles. The SMILES string of the molecule is Nc1ncnc2c1ncn2[C@]1(CCCc2ccc(S(=O)(=O)O)cc2)O[C@H](CO)[C@@H](O)[C@H]1O. The van der Waals surface area contributed by atoms with Crippen LogP contribution in [0.1, 0.15) is 18.4 Å². The number of rotatable bonds is 7. The van der Waals surface area contributed by atoms with Crippen molar-refractivity contribution in [3.05, 3.63) is 42.5 Å². The van der Waals surface area contributed by atoms with Crippen LogP contribution in [-0.2, 0) is 27.0 Å². The summed E-state index contributed by atoms with van der Waals surface area (Å²) in [4.78, 5) is 12.1. The number of aromatic nitrogens is 4. The lowest BCUT2D eigenvalue weighted by Crippen LogP contribution is -2.45. The van der Waals surface area contributed by atoms with Crippen molar-refractivity contribution in [2.24, 2.45) is 0 Å². The zero-order valence-corrected chi connectivity index (χ0v) is 17.6. The Hall–Kier alpha value is -2.68. The third-order valence-electron chi connectivity index (χ3n) is 5.69. The van der Waals surface area contributed by atoms with Gasteiger partial charge in [0.05, 0.1) is 17.8 Å². The highest BCUT2D eigenvalue weighted by Crippen LogP contribution is 2.41. The van der Waals surface area contributed by atoms with E-state index < -0.39 is 40.8 Å². The maximum Gasteiger partial charge on any atom is 0.294 e. The van der Waals surface area contributed by atoms with Gasteiger partial charge in [-0.1, -0.05) is 12.1 Å². The van der Waals surface area contributed by atoms with Crippen molar-refractivity contribution in [2.75, 3.05) is 12.3 Å². The lowest BCUT2D eigenvalue weighted by Gasteiger charge is -2.34. The van der Waals surface area contributed by atoms with Crippen LogP contribution in [0.4, 0.5) is 5.82 Å². The maximum absolute atomic E-state index is 11.2. The summed E-state index contributed by atoms with van der Waals surface area (Å²) in [6.07, 6.45) is 0.0302. The molecule has 1 aromatic carbocycles. The minimum Gasteiger partial charge on any atom is -0.394 e. The average Bonchev–Trinajstić information content (AvgIpc) is 3.30. The van der Waals surface area contributed by atoms with Gasteiger partial charge in [0.2, 0.25) is 0 Å². The second-order valence-corrected chi connectivity index (χ2v) is 9.06. The normalized spacial score (nSPS) is 26.1. The molecule has 172 valence electrons. The molecule has 0 radical (unpaired) electrons. The van der Waals surface area contributed by atoms with E-state index in [2.05, 4.69) is 15.0 Å². The number of benzene rings is 1. The molecule has 3 heterocycles. The van der Waals surface area contributed by atoms with Crippen LogP contribution < -0.4 is 5.73 Å². The number of hydrogen-bond donors (Lipinski definition) is 5. The number of hydrogen-bond acceptors (Lipinski definition) is 10. The van der Waals surface area contributed by atoms with Crippen LogP contribution >= 0.6 is 0 Å². The Morgan fingerprint density at radius 3 is 2.50 bits per heavy atom. The molecule has 12 nitrogen and oxygen atoms in total. The van der Waals surface area contributed by atoms with E-state index in [0.717, 1.165) is 5.56 Å². The Morgan fingerprint density at radius 2 is 1.88 bits per heavy atom. The fourth-order valence-electron chi connectivity index (χ4n) is 4.05. The highest BCUT2D eigenvalue weighted by atomic mass is 32.2. The van der Waals surface area contributed by atoms with Crippen molar-refractivity contribution in [2.45, 2.75) is 48.2 Å². The van der Waals surface area contributed by atoms with Crippen LogP contribution in [0.2, 0.25) is 0 Å². The van der Waals surface area contributed by atoms with E-state index in [4.69, 9.17) is 15.0 Å². The summed E-state index contributed by atoms with van der Waals surface area (Å²) < 4.78 is 39.0. The van der Waals surface area contributed by atoms with E-state index >= 15 is 0 Å². The van der Waals surface area contributed by atoms with Crippen LogP contribution in [-0.4, -0.2) is 72.7 Å². The van der Waals surface area contributed by atoms with Crippen molar-refractivity contribution in [1.29, 1.82) is 0 Å². The number of aliphatic hydroxyl groups is 3. The summed E-state index contributed by atoms with van der Waals surface area (Å²) in [6, 6.07) is 5.76. The Labute approximate surface area is 183 Å². The molecule has 13 heteroatoms. The second kappa shape index (κ2) is 8.35. The number of imidazole rings is 1. The zero-order valence-electron chi connectivity index (χ0n) is 16.8. The van der Waals surface area contributed by atoms with E-state index in [1.165, 1.54) is 29.4 Å². The van der Waals surface area contributed by atoms with Gasteiger partial charge in [0.1, 0.15) is 30.2 Å². The van der Waals surface area contributed by atoms with E-state index in [9.17, 15) is 23.7 Å². The quantitative estimate of drug-likeness (QED) is 0.281. The summed E-state index contributed by atoms with van der Waals surface area (Å²) in [5, 5.41) is 31.0. The first kappa shape index (κ1) is 22.5. The predicted octanol–water partition coefficient (Wildman–Crippen LogP) is -0.556. The first-order chi connectivity index (χ1) is 15.2. The van der Waals surface area contributed by atoms with Gasteiger partial charge < -0.3 is 25.8 Å². The predicted molar refractivity (Wildman–Crippen MR) is 111 cm³/mol. The van der Waals surface area contributed by atoms with Gasteiger partial charge in [-0.15, -0.1) is 0 Å². The highest BCUT2D eigenvalue weighted by molar-refractivity contribution is 7.85. The molecule has 2 aromatic heterocycles. The number of fused-ring (bicyclic) bond motifs is 1. The van der Waals surface area contributed by atoms with Crippen molar-refractivity contribution >= 4 is 27.1 Å². The third kappa shape index (κ3) is 3.83. The van der Waals surface area contributed by atoms with Crippen molar-refractivity contribution in [3.8, 4) is 0 Å². The molecule has 1 aliphatic rings. The van der Waals surface area contributed by atoms with Gasteiger partial charge in [-0.3, -0.25) is 9.12 Å². The molecule has 4 rings (SSSR count). The summed E-state index contributed by atoms with van der Waals surface area (Å²) in [5.74, 6) is 0.148. The first-order valence-corrected chi connectivity index (χ1v) is 11.3. The molecule has 1 fully saturated rings. The van der Waals surface area contributed by atoms with E-state index in [-0.39, 0.29) is 17.1 Å². The topological polar surface area (TPSA) is 194 Å². The summed E-state index contributed by atoms with van der Waals surface area (Å²) in [6.45, 7) is -0.499. The molecule has 32 heavy (non-hydrogen) atoms. The Balaban J connectivity index is 1.63. The van der Waals surface area contributed by atoms with Crippen LogP contribution in [0.25, 0.3) is 11.2 Å². The number of aliphatic hydroxyl groups excluding tert-OH is 3. The summed E-state index contributed by atoms with van der Waals surface area (Å²) >= 11 is 0. The molecule has 4 atom stereocenters. The highest BCUT2D eigenvalue weighted by Gasteiger charge is 2.55. The van der Waals surface area contributed by atoms with E-state index in [1.807, 2.05) is 0 Å². The molecule has 3 aromatic rings. The van der Waals surface area contributed by atoms with Gasteiger partial charge in [-0.2, -0.15) is 8.42 Å². The summed E-state index contributed by atoms with van der Waals surface area (Å²) in [7, 11) is -4.28. The van der Waals surface area contributed by atoms with Gasteiger partial charge in [-0.25, -0.2) is 15.0 Å². The zero-order chi connectivity index (χ0) is 23.1. The number of anilines is 1. The van der Waals surface area contributed by atoms with Crippen molar-refractivity contribution in [3.63, 3.8) is 0 Å². The van der Waals surface area contributed by atoms with Gasteiger partial charge in [0.15, 0.2) is 17.2 Å². The monoisotopic (exact) mass is 465 g/mol. The third-order valence-corrected chi connectivity index (χ3v) is 6.56. The lowest BCUT2D eigenvalue weighted by molar-refractivity contribution is -0.151. The molecule has 0 unspecified atom stereocenters. The Morgan fingerprint density at radius 1 is 1.16 bits per heavy atom. The molecule has 0 amide bonds. The van der Waals surface area contributed by atoms with Crippen molar-refractivity contribution < 1.29 is 33.0 Å². The molecule has 1 saturated heterocycles. The first-order valence-electron chi connectivity index (χ1n) is 9.82. The van der Waals surface area contributed by atoms with Crippen molar-refractivity contribution in [1.82, 2.24) is 19.5 Å². The maximum atomic E-state index is 11.2. The minimum atomic E-state index is -4.28. The number of nitrogens with two attached hydrogens (primary N) is 1. The summed E-state index contributed by atoms with van der Waals surface area (Å²) in [5.41, 5.74) is 5.80. The van der Waals surface area contributed by atoms with Gasteiger partial charge in [-0.05, 0) is 37.0 Å². The van der Waals surface area contributed by atoms with Gasteiger partial charge >= 0.3 is 0 Å². The van der Waals surface area contributed by atoms with Crippen LogP contribution in [0.5, 0.6) is 0 Å². The van der Waals surface area contributed by atoms with Gasteiger partial charge in [0, 0.05) is 0 Å². The van der Waals surface area contributed by atoms with E-state index in [1.54, 1.807) is 12.1 Å². The fraction of sp³-hybridized carbons (Fsp3) is 0.421. The number of nitrogens with zero attached hydrogens (tertiary/aromatic N) is 4. The number of ether oxygens (including phenoxy) is 1. The number of aryl methyl sites for hydroxylation is 1. The smallest absolute Gasteiger partial charge is 0.294 e.